The maximum absolute atomic E-state index is 5.24. The van der Waals surface area contributed by atoms with E-state index in [9.17, 15) is 0 Å². The highest BCUT2D eigenvalue weighted by Gasteiger charge is 2.39. The van der Waals surface area contributed by atoms with Crippen molar-refractivity contribution < 1.29 is 0 Å². The third-order valence-electron chi connectivity index (χ3n) is 6.85. The summed E-state index contributed by atoms with van der Waals surface area (Å²) in [7, 11) is 0. The fraction of sp³-hybridized carbons (Fsp3) is 0.0938. The van der Waals surface area contributed by atoms with Crippen LogP contribution in [-0.2, 0) is 5.41 Å². The van der Waals surface area contributed by atoms with Gasteiger partial charge in [0, 0.05) is 16.5 Å². The van der Waals surface area contributed by atoms with E-state index in [1.54, 1.807) is 0 Å². The molecule has 0 spiro atoms. The zero-order chi connectivity index (χ0) is 22.4. The Morgan fingerprint density at radius 2 is 1.09 bits per heavy atom. The van der Waals surface area contributed by atoms with Crippen LogP contribution in [0, 0.1) is 0 Å². The fourth-order valence-corrected chi connectivity index (χ4v) is 5.19. The standard InChI is InChI=1S/C32H25N/c1-32(2)28-20-25(22-12-6-3-7-13-22)18-19-26(28)27-21-29(23-14-8-4-9-15-23)33-31(30(27)32)24-16-10-5-11-17-24/h3-21H,1-2H3. The van der Waals surface area contributed by atoms with E-state index in [1.807, 2.05) is 0 Å². The van der Waals surface area contributed by atoms with Crippen molar-refractivity contribution in [2.24, 2.45) is 0 Å². The van der Waals surface area contributed by atoms with Crippen LogP contribution in [0.25, 0.3) is 44.8 Å². The average Bonchev–Trinajstić information content (AvgIpc) is 3.11. The Hall–Kier alpha value is -3.97. The van der Waals surface area contributed by atoms with Crippen molar-refractivity contribution >= 4 is 0 Å². The normalized spacial score (nSPS) is 13.4. The van der Waals surface area contributed by atoms with Gasteiger partial charge in [0.05, 0.1) is 11.4 Å². The number of aromatic nitrogens is 1. The van der Waals surface area contributed by atoms with Crippen LogP contribution < -0.4 is 0 Å². The molecule has 0 atom stereocenters. The molecular weight excluding hydrogens is 398 g/mol. The van der Waals surface area contributed by atoms with Gasteiger partial charge in [-0.2, -0.15) is 0 Å². The van der Waals surface area contributed by atoms with Crippen molar-refractivity contribution in [3.63, 3.8) is 0 Å². The number of pyridine rings is 1. The molecule has 0 aliphatic heterocycles. The first-order valence-corrected chi connectivity index (χ1v) is 11.5. The second kappa shape index (κ2) is 7.56. The lowest BCUT2D eigenvalue weighted by molar-refractivity contribution is 0.660. The van der Waals surface area contributed by atoms with E-state index in [0.29, 0.717) is 0 Å². The van der Waals surface area contributed by atoms with Crippen molar-refractivity contribution in [3.8, 4) is 44.8 Å². The minimum absolute atomic E-state index is 0.150. The molecule has 0 fully saturated rings. The molecule has 1 aromatic heterocycles. The van der Waals surface area contributed by atoms with Crippen molar-refractivity contribution in [1.29, 1.82) is 0 Å². The molecule has 1 aliphatic carbocycles. The molecular formula is C32H25N. The molecule has 6 rings (SSSR count). The van der Waals surface area contributed by atoms with Gasteiger partial charge in [-0.3, -0.25) is 0 Å². The minimum Gasteiger partial charge on any atom is -0.247 e. The van der Waals surface area contributed by atoms with Crippen molar-refractivity contribution in [2.45, 2.75) is 19.3 Å². The number of nitrogens with zero attached hydrogens (tertiary/aromatic N) is 1. The molecule has 0 radical (unpaired) electrons. The highest BCUT2D eigenvalue weighted by atomic mass is 14.7. The number of hydrogen-bond donors (Lipinski definition) is 0. The Morgan fingerprint density at radius 3 is 1.73 bits per heavy atom. The summed E-state index contributed by atoms with van der Waals surface area (Å²) in [5.41, 5.74) is 12.0. The Morgan fingerprint density at radius 1 is 0.515 bits per heavy atom. The van der Waals surface area contributed by atoms with Crippen LogP contribution in [0.1, 0.15) is 25.0 Å². The highest BCUT2D eigenvalue weighted by Crippen LogP contribution is 2.53. The summed E-state index contributed by atoms with van der Waals surface area (Å²) < 4.78 is 0. The molecule has 1 heteroatoms. The number of rotatable bonds is 3. The summed E-state index contributed by atoms with van der Waals surface area (Å²) in [5, 5.41) is 0. The monoisotopic (exact) mass is 423 g/mol. The van der Waals surface area contributed by atoms with E-state index < -0.39 is 0 Å². The van der Waals surface area contributed by atoms with Crippen LogP contribution in [0.5, 0.6) is 0 Å². The molecule has 33 heavy (non-hydrogen) atoms. The summed E-state index contributed by atoms with van der Waals surface area (Å²) in [6.45, 7) is 4.67. The summed E-state index contributed by atoms with van der Waals surface area (Å²) in [5.74, 6) is 0. The lowest BCUT2D eigenvalue weighted by Crippen LogP contribution is -2.17. The zero-order valence-corrected chi connectivity index (χ0v) is 18.9. The molecule has 0 bridgehead atoms. The summed E-state index contributed by atoms with van der Waals surface area (Å²) >= 11 is 0. The quantitative estimate of drug-likeness (QED) is 0.284. The third kappa shape index (κ3) is 3.20. The molecule has 0 saturated carbocycles. The topological polar surface area (TPSA) is 12.9 Å². The Kier molecular flexibility index (Phi) is 4.52. The van der Waals surface area contributed by atoms with E-state index in [1.165, 1.54) is 33.4 Å². The summed E-state index contributed by atoms with van der Waals surface area (Å²) in [4.78, 5) is 5.24. The van der Waals surface area contributed by atoms with Crippen molar-refractivity contribution in [3.05, 3.63) is 126 Å². The van der Waals surface area contributed by atoms with Crippen LogP contribution >= 0.6 is 0 Å². The molecule has 1 aliphatic rings. The molecule has 1 heterocycles. The van der Waals surface area contributed by atoms with Crippen LogP contribution in [0.4, 0.5) is 0 Å². The van der Waals surface area contributed by atoms with Crippen molar-refractivity contribution in [2.75, 3.05) is 0 Å². The Labute approximate surface area is 195 Å². The molecule has 0 N–H and O–H groups in total. The predicted octanol–water partition coefficient (Wildman–Crippen LogP) is 8.39. The molecule has 5 aromatic rings. The maximum atomic E-state index is 5.24. The van der Waals surface area contributed by atoms with Crippen LogP contribution in [0.2, 0.25) is 0 Å². The van der Waals surface area contributed by atoms with Gasteiger partial charge in [0.1, 0.15) is 0 Å². The zero-order valence-electron chi connectivity index (χ0n) is 18.9. The van der Waals surface area contributed by atoms with E-state index in [-0.39, 0.29) is 5.41 Å². The first-order valence-electron chi connectivity index (χ1n) is 11.5. The predicted molar refractivity (Wildman–Crippen MR) is 138 cm³/mol. The lowest BCUT2D eigenvalue weighted by Gasteiger charge is -2.25. The molecule has 1 nitrogen and oxygen atoms in total. The fourth-order valence-electron chi connectivity index (χ4n) is 5.19. The third-order valence-corrected chi connectivity index (χ3v) is 6.85. The smallest absolute Gasteiger partial charge is 0.0756 e. The minimum atomic E-state index is -0.150. The molecule has 4 aromatic carbocycles. The van der Waals surface area contributed by atoms with Gasteiger partial charge in [0.25, 0.3) is 0 Å². The van der Waals surface area contributed by atoms with Gasteiger partial charge in [0.15, 0.2) is 0 Å². The van der Waals surface area contributed by atoms with Gasteiger partial charge < -0.3 is 0 Å². The first-order chi connectivity index (χ1) is 16.1. The molecule has 0 unspecified atom stereocenters. The van der Waals surface area contributed by atoms with Gasteiger partial charge in [-0.15, -0.1) is 0 Å². The summed E-state index contributed by atoms with van der Waals surface area (Å²) in [6, 6.07) is 41.0. The van der Waals surface area contributed by atoms with Gasteiger partial charge in [0.2, 0.25) is 0 Å². The second-order valence-electron chi connectivity index (χ2n) is 9.26. The first kappa shape index (κ1) is 19.7. The van der Waals surface area contributed by atoms with E-state index in [4.69, 9.17) is 4.98 Å². The van der Waals surface area contributed by atoms with Gasteiger partial charge in [-0.25, -0.2) is 4.98 Å². The van der Waals surface area contributed by atoms with Crippen molar-refractivity contribution in [1.82, 2.24) is 4.98 Å². The largest absolute Gasteiger partial charge is 0.247 e. The van der Waals surface area contributed by atoms with E-state index in [0.717, 1.165) is 22.5 Å². The van der Waals surface area contributed by atoms with Gasteiger partial charge >= 0.3 is 0 Å². The number of hydrogen-bond acceptors (Lipinski definition) is 1. The van der Waals surface area contributed by atoms with Gasteiger partial charge in [-0.1, -0.05) is 117 Å². The van der Waals surface area contributed by atoms with E-state index in [2.05, 4.69) is 129 Å². The maximum Gasteiger partial charge on any atom is 0.0756 e. The Bertz CT molecular complexity index is 1450. The van der Waals surface area contributed by atoms with Crippen LogP contribution in [0.15, 0.2) is 115 Å². The second-order valence-corrected chi connectivity index (χ2v) is 9.26. The van der Waals surface area contributed by atoms with Crippen LogP contribution in [-0.4, -0.2) is 4.98 Å². The Balaban J connectivity index is 1.62. The number of benzene rings is 4. The molecule has 0 amide bonds. The highest BCUT2D eigenvalue weighted by molar-refractivity contribution is 5.90. The van der Waals surface area contributed by atoms with E-state index >= 15 is 0 Å². The lowest BCUT2D eigenvalue weighted by atomic mass is 9.79. The molecule has 0 saturated heterocycles. The van der Waals surface area contributed by atoms with Crippen LogP contribution in [0.3, 0.4) is 0 Å². The van der Waals surface area contributed by atoms with Gasteiger partial charge in [-0.05, 0) is 45.5 Å². The SMILES string of the molecule is CC1(C)c2cc(-c3ccccc3)ccc2-c2cc(-c3ccccc3)nc(-c3ccccc3)c21. The number of fused-ring (bicyclic) bond motifs is 3. The summed E-state index contributed by atoms with van der Waals surface area (Å²) in [6.07, 6.45) is 0. The average molecular weight is 424 g/mol. The molecule has 158 valence electrons.